The minimum Gasteiger partial charge on any atom is -0.428 e. The lowest BCUT2D eigenvalue weighted by Crippen LogP contribution is -2.55. The fourth-order valence-corrected chi connectivity index (χ4v) is 1.95. The Labute approximate surface area is 126 Å². The molecule has 0 bridgehead atoms. The van der Waals surface area contributed by atoms with Crippen molar-refractivity contribution in [2.75, 3.05) is 0 Å². The first-order valence-electron chi connectivity index (χ1n) is 7.13. The van der Waals surface area contributed by atoms with E-state index >= 15 is 0 Å². The van der Waals surface area contributed by atoms with Crippen molar-refractivity contribution >= 4 is 23.8 Å². The summed E-state index contributed by atoms with van der Waals surface area (Å²) in [5.74, 6) is 0. The molecule has 0 amide bonds. The molecule has 112 valence electrons. The number of aryl methyl sites for hydroxylation is 1. The van der Waals surface area contributed by atoms with Crippen LogP contribution < -0.4 is 16.8 Å². The molecule has 2 N–H and O–H groups in total. The van der Waals surface area contributed by atoms with Crippen LogP contribution in [0.25, 0.3) is 10.9 Å². The normalized spacial score (nSPS) is 12.7. The number of aromatic nitrogens is 1. The van der Waals surface area contributed by atoms with Gasteiger partial charge in [0.05, 0.1) is 11.1 Å². The zero-order chi connectivity index (χ0) is 15.8. The molecule has 4 nitrogen and oxygen atoms in total. The van der Waals surface area contributed by atoms with Gasteiger partial charge in [-0.05, 0) is 45.2 Å². The molecule has 0 fully saturated rings. The molecule has 0 aliphatic rings. The Morgan fingerprint density at radius 1 is 1.14 bits per heavy atom. The van der Waals surface area contributed by atoms with Gasteiger partial charge >= 0.3 is 7.48 Å². The van der Waals surface area contributed by atoms with Gasteiger partial charge in [-0.1, -0.05) is 17.6 Å². The van der Waals surface area contributed by atoms with Gasteiger partial charge < -0.3 is 15.0 Å². The van der Waals surface area contributed by atoms with Crippen molar-refractivity contribution in [1.29, 1.82) is 0 Å². The second kappa shape index (κ2) is 5.32. The summed E-state index contributed by atoms with van der Waals surface area (Å²) in [4.78, 5) is 11.7. The van der Waals surface area contributed by atoms with Crippen molar-refractivity contribution in [3.8, 4) is 0 Å². The second-order valence-electron chi connectivity index (χ2n) is 6.64. The molecule has 1 aromatic heterocycles. The van der Waals surface area contributed by atoms with Crippen LogP contribution in [0.1, 0.15) is 27.7 Å². The monoisotopic (exact) mass is 286 g/mol. The number of benzene rings is 1. The van der Waals surface area contributed by atoms with E-state index in [2.05, 4.69) is 0 Å². The Morgan fingerprint density at radius 2 is 1.76 bits per heavy atom. The third-order valence-corrected chi connectivity index (χ3v) is 4.34. The van der Waals surface area contributed by atoms with Crippen LogP contribution in [0.15, 0.2) is 35.1 Å². The zero-order valence-electron chi connectivity index (χ0n) is 13.4. The molecule has 5 heteroatoms. The van der Waals surface area contributed by atoms with Crippen LogP contribution in [-0.4, -0.2) is 23.2 Å². The van der Waals surface area contributed by atoms with Crippen molar-refractivity contribution in [1.82, 2.24) is 4.57 Å². The van der Waals surface area contributed by atoms with Crippen molar-refractivity contribution in [2.45, 2.75) is 38.8 Å². The smallest absolute Gasteiger partial charge is 0.309 e. The number of nitrogens with zero attached hydrogens (tertiary/aromatic N) is 1. The first-order valence-corrected chi connectivity index (χ1v) is 7.13. The zero-order valence-corrected chi connectivity index (χ0v) is 13.4. The van der Waals surface area contributed by atoms with E-state index in [1.807, 2.05) is 52.0 Å². The van der Waals surface area contributed by atoms with Crippen LogP contribution in [0, 0.1) is 0 Å². The van der Waals surface area contributed by atoms with Crippen molar-refractivity contribution in [3.63, 3.8) is 0 Å². The van der Waals surface area contributed by atoms with E-state index in [4.69, 9.17) is 10.4 Å². The van der Waals surface area contributed by atoms with E-state index in [1.165, 1.54) is 0 Å². The summed E-state index contributed by atoms with van der Waals surface area (Å²) in [5, 5.41) is 1.04. The fraction of sp³-hybridized carbons (Fsp3) is 0.438. The highest BCUT2D eigenvalue weighted by molar-refractivity contribution is 6.47. The maximum atomic E-state index is 11.7. The van der Waals surface area contributed by atoms with Gasteiger partial charge in [0.15, 0.2) is 0 Å². The number of pyridine rings is 1. The lowest BCUT2D eigenvalue weighted by molar-refractivity contribution is 0.0462. The number of hydrogen-bond donors (Lipinski definition) is 1. The summed E-state index contributed by atoms with van der Waals surface area (Å²) in [5.41, 5.74) is 7.20. The molecule has 0 aliphatic heterocycles. The van der Waals surface area contributed by atoms with Crippen LogP contribution in [0.5, 0.6) is 0 Å². The van der Waals surface area contributed by atoms with Crippen LogP contribution in [0.4, 0.5) is 0 Å². The van der Waals surface area contributed by atoms with Gasteiger partial charge in [0.2, 0.25) is 0 Å². The Morgan fingerprint density at radius 3 is 2.38 bits per heavy atom. The molecular formula is C16H23BN2O2. The summed E-state index contributed by atoms with van der Waals surface area (Å²) in [7, 11) is 2.24. The number of hydrogen-bond acceptors (Lipinski definition) is 3. The topological polar surface area (TPSA) is 57.2 Å². The minimum absolute atomic E-state index is 0.0102. The number of rotatable bonds is 4. The molecule has 2 rings (SSSR count). The maximum absolute atomic E-state index is 11.7. The first-order chi connectivity index (χ1) is 9.62. The van der Waals surface area contributed by atoms with Gasteiger partial charge in [-0.25, -0.2) is 0 Å². The average Bonchev–Trinajstić information content (AvgIpc) is 2.40. The van der Waals surface area contributed by atoms with Crippen molar-refractivity contribution in [2.24, 2.45) is 12.8 Å². The molecule has 0 spiro atoms. The Hall–Kier alpha value is -1.59. The van der Waals surface area contributed by atoms with E-state index in [0.29, 0.717) is 7.48 Å². The van der Waals surface area contributed by atoms with Crippen molar-refractivity contribution < 1.29 is 4.65 Å². The van der Waals surface area contributed by atoms with E-state index in [9.17, 15) is 4.79 Å². The molecule has 0 atom stereocenters. The molecule has 21 heavy (non-hydrogen) atoms. The van der Waals surface area contributed by atoms with E-state index in [0.717, 1.165) is 16.4 Å². The SMILES string of the molecule is Cn1c(=O)ccc2ccc(BOC(C)(C)C(C)(C)N)cc21. The summed E-state index contributed by atoms with van der Waals surface area (Å²) < 4.78 is 7.64. The van der Waals surface area contributed by atoms with Crippen LogP contribution in [0.2, 0.25) is 0 Å². The number of nitrogens with two attached hydrogens (primary N) is 1. The average molecular weight is 286 g/mol. The largest absolute Gasteiger partial charge is 0.428 e. The predicted molar refractivity (Wildman–Crippen MR) is 89.4 cm³/mol. The third-order valence-electron chi connectivity index (χ3n) is 4.34. The molecule has 0 saturated heterocycles. The van der Waals surface area contributed by atoms with E-state index in [-0.39, 0.29) is 5.56 Å². The minimum atomic E-state index is -0.440. The Balaban J connectivity index is 2.28. The molecular weight excluding hydrogens is 263 g/mol. The quantitative estimate of drug-likeness (QED) is 0.855. The highest BCUT2D eigenvalue weighted by atomic mass is 16.5. The van der Waals surface area contributed by atoms with E-state index < -0.39 is 11.1 Å². The standard InChI is InChI=1S/C16H23BN2O2/c1-15(2,18)16(3,4)21-17-12-8-6-11-7-9-14(20)19(5)13(11)10-12/h6-10,17H,18H2,1-5H3. The molecule has 1 heterocycles. The highest BCUT2D eigenvalue weighted by Gasteiger charge is 2.33. The van der Waals surface area contributed by atoms with Crippen LogP contribution in [-0.2, 0) is 11.7 Å². The predicted octanol–water partition coefficient (Wildman–Crippen LogP) is 1.05. The van der Waals surface area contributed by atoms with Gasteiger partial charge in [-0.2, -0.15) is 0 Å². The van der Waals surface area contributed by atoms with Gasteiger partial charge in [0.1, 0.15) is 0 Å². The highest BCUT2D eigenvalue weighted by Crippen LogP contribution is 2.22. The molecule has 0 radical (unpaired) electrons. The maximum Gasteiger partial charge on any atom is 0.309 e. The lowest BCUT2D eigenvalue weighted by atomic mass is 9.81. The summed E-state index contributed by atoms with van der Waals surface area (Å²) in [6, 6.07) is 9.45. The third kappa shape index (κ3) is 3.19. The lowest BCUT2D eigenvalue weighted by Gasteiger charge is -2.39. The van der Waals surface area contributed by atoms with Gasteiger partial charge in [0.25, 0.3) is 5.56 Å². The Bertz CT molecular complexity index is 714. The van der Waals surface area contributed by atoms with Crippen molar-refractivity contribution in [3.05, 3.63) is 40.7 Å². The second-order valence-corrected chi connectivity index (χ2v) is 6.64. The molecule has 2 aromatic rings. The molecule has 0 unspecified atom stereocenters. The summed E-state index contributed by atoms with van der Waals surface area (Å²) in [6.45, 7) is 7.89. The van der Waals surface area contributed by atoms with Gasteiger partial charge in [-0.15, -0.1) is 0 Å². The molecule has 0 saturated carbocycles. The summed E-state index contributed by atoms with van der Waals surface area (Å²) in [6.07, 6.45) is 0. The molecule has 1 aromatic carbocycles. The van der Waals surface area contributed by atoms with Gasteiger partial charge in [-0.3, -0.25) is 4.79 Å². The van der Waals surface area contributed by atoms with Gasteiger partial charge in [0, 0.05) is 18.7 Å². The van der Waals surface area contributed by atoms with Crippen LogP contribution >= 0.6 is 0 Å². The summed E-state index contributed by atoms with van der Waals surface area (Å²) >= 11 is 0. The number of fused-ring (bicyclic) bond motifs is 1. The molecule has 0 aliphatic carbocycles. The Kier molecular flexibility index (Phi) is 4.00. The fourth-order valence-electron chi connectivity index (χ4n) is 1.95. The first kappa shape index (κ1) is 15.8. The van der Waals surface area contributed by atoms with Crippen LogP contribution in [0.3, 0.4) is 0 Å². The van der Waals surface area contributed by atoms with E-state index in [1.54, 1.807) is 17.7 Å².